The third-order valence-corrected chi connectivity index (χ3v) is 4.62. The molecule has 0 aliphatic rings. The highest BCUT2D eigenvalue weighted by Gasteiger charge is 2.11. The zero-order valence-corrected chi connectivity index (χ0v) is 12.6. The number of methoxy groups -OCH3 is 1. The van der Waals surface area contributed by atoms with Crippen molar-refractivity contribution < 1.29 is 4.74 Å². The summed E-state index contributed by atoms with van der Waals surface area (Å²) in [5.74, 6) is 0.838. The first-order chi connectivity index (χ1) is 9.19. The Balaban J connectivity index is 2.18. The van der Waals surface area contributed by atoms with Crippen molar-refractivity contribution in [2.45, 2.75) is 0 Å². The van der Waals surface area contributed by atoms with Gasteiger partial charge in [0.25, 0.3) is 0 Å². The molecule has 1 heterocycles. The van der Waals surface area contributed by atoms with Crippen LogP contribution in [0.5, 0.6) is 5.75 Å². The van der Waals surface area contributed by atoms with Gasteiger partial charge < -0.3 is 10.5 Å². The number of nitrogens with two attached hydrogens (primary N) is 1. The van der Waals surface area contributed by atoms with Crippen LogP contribution in [0.3, 0.4) is 0 Å². The zero-order chi connectivity index (χ0) is 13.4. The first-order valence-electron chi connectivity index (χ1n) is 5.68. The number of fused-ring (bicyclic) bond motifs is 1. The van der Waals surface area contributed by atoms with Gasteiger partial charge in [0.1, 0.15) is 10.8 Å². The van der Waals surface area contributed by atoms with Crippen LogP contribution < -0.4 is 10.5 Å². The number of halogens is 1. The number of nitrogens with zero attached hydrogens (tertiary/aromatic N) is 1. The third-order valence-electron chi connectivity index (χ3n) is 2.88. The monoisotopic (exact) mass is 334 g/mol. The molecule has 3 aromatic rings. The molecule has 0 saturated carbocycles. The first kappa shape index (κ1) is 12.4. The van der Waals surface area contributed by atoms with Crippen LogP contribution in [0.15, 0.2) is 40.9 Å². The predicted octanol–water partition coefficient (Wildman–Crippen LogP) is 4.32. The van der Waals surface area contributed by atoms with E-state index in [1.807, 2.05) is 36.4 Å². The van der Waals surface area contributed by atoms with Crippen molar-refractivity contribution in [3.05, 3.63) is 40.9 Å². The quantitative estimate of drug-likeness (QED) is 0.710. The summed E-state index contributed by atoms with van der Waals surface area (Å²) in [6.45, 7) is 0. The largest absolute Gasteiger partial charge is 0.497 e. The molecule has 1 aromatic heterocycles. The van der Waals surface area contributed by atoms with E-state index in [4.69, 9.17) is 10.5 Å². The molecular weight excluding hydrogens is 324 g/mol. The number of hydrogen-bond donors (Lipinski definition) is 1. The minimum absolute atomic E-state index is 0.716. The zero-order valence-electron chi connectivity index (χ0n) is 10.2. The van der Waals surface area contributed by atoms with Crippen molar-refractivity contribution in [2.75, 3.05) is 12.8 Å². The smallest absolute Gasteiger partial charge is 0.126 e. The number of nitrogen functional groups attached to an aromatic ring is 1. The molecule has 2 aromatic carbocycles. The van der Waals surface area contributed by atoms with Crippen molar-refractivity contribution in [3.8, 4) is 16.3 Å². The Morgan fingerprint density at radius 1 is 1.26 bits per heavy atom. The SMILES string of the molecule is COc1ccc2nc(-c3cccc(Br)c3N)sc2c1. The maximum absolute atomic E-state index is 6.09. The van der Waals surface area contributed by atoms with Crippen LogP contribution in [0.1, 0.15) is 0 Å². The lowest BCUT2D eigenvalue weighted by Gasteiger charge is -2.03. The molecule has 0 radical (unpaired) electrons. The van der Waals surface area contributed by atoms with Gasteiger partial charge in [0.05, 0.1) is 23.0 Å². The fourth-order valence-electron chi connectivity index (χ4n) is 1.87. The summed E-state index contributed by atoms with van der Waals surface area (Å²) in [5.41, 5.74) is 8.72. The molecule has 5 heteroatoms. The number of rotatable bonds is 2. The number of para-hydroxylation sites is 1. The fraction of sp³-hybridized carbons (Fsp3) is 0.0714. The molecule has 0 bridgehead atoms. The van der Waals surface area contributed by atoms with Crippen LogP contribution >= 0.6 is 27.3 Å². The Kier molecular flexibility index (Phi) is 3.16. The topological polar surface area (TPSA) is 48.1 Å². The highest BCUT2D eigenvalue weighted by Crippen LogP contribution is 2.37. The molecule has 0 atom stereocenters. The maximum Gasteiger partial charge on any atom is 0.126 e. The molecule has 19 heavy (non-hydrogen) atoms. The fourth-order valence-corrected chi connectivity index (χ4v) is 3.27. The van der Waals surface area contributed by atoms with Crippen molar-refractivity contribution in [2.24, 2.45) is 0 Å². The van der Waals surface area contributed by atoms with E-state index in [0.717, 1.165) is 31.0 Å². The maximum atomic E-state index is 6.09. The van der Waals surface area contributed by atoms with Crippen LogP contribution in [0.2, 0.25) is 0 Å². The third kappa shape index (κ3) is 2.19. The predicted molar refractivity (Wildman–Crippen MR) is 83.7 cm³/mol. The van der Waals surface area contributed by atoms with Crippen LogP contribution in [0.25, 0.3) is 20.8 Å². The summed E-state index contributed by atoms with van der Waals surface area (Å²) < 4.78 is 7.21. The lowest BCUT2D eigenvalue weighted by atomic mass is 10.2. The number of aromatic nitrogens is 1. The molecule has 0 aliphatic carbocycles. The van der Waals surface area contributed by atoms with Crippen molar-refractivity contribution >= 4 is 43.2 Å². The van der Waals surface area contributed by atoms with Crippen LogP contribution in [0, 0.1) is 0 Å². The lowest BCUT2D eigenvalue weighted by molar-refractivity contribution is 0.415. The summed E-state index contributed by atoms with van der Waals surface area (Å²) in [6.07, 6.45) is 0. The molecule has 0 fully saturated rings. The van der Waals surface area contributed by atoms with E-state index in [1.165, 1.54) is 0 Å². The molecule has 3 nitrogen and oxygen atoms in total. The highest BCUT2D eigenvalue weighted by molar-refractivity contribution is 9.10. The second-order valence-electron chi connectivity index (χ2n) is 4.05. The van der Waals surface area contributed by atoms with Gasteiger partial charge in [-0.2, -0.15) is 0 Å². The van der Waals surface area contributed by atoms with Gasteiger partial charge in [0.2, 0.25) is 0 Å². The summed E-state index contributed by atoms with van der Waals surface area (Å²) in [5, 5.41) is 0.919. The number of benzene rings is 2. The number of ether oxygens (including phenoxy) is 1. The summed E-state index contributed by atoms with van der Waals surface area (Å²) >= 11 is 5.05. The average molecular weight is 335 g/mol. The van der Waals surface area contributed by atoms with E-state index >= 15 is 0 Å². The van der Waals surface area contributed by atoms with Crippen molar-refractivity contribution in [1.29, 1.82) is 0 Å². The molecule has 3 rings (SSSR count). The van der Waals surface area contributed by atoms with E-state index < -0.39 is 0 Å². The molecule has 2 N–H and O–H groups in total. The van der Waals surface area contributed by atoms with Gasteiger partial charge >= 0.3 is 0 Å². The van der Waals surface area contributed by atoms with Crippen molar-refractivity contribution in [3.63, 3.8) is 0 Å². The highest BCUT2D eigenvalue weighted by atomic mass is 79.9. The van der Waals surface area contributed by atoms with Gasteiger partial charge in [0.15, 0.2) is 0 Å². The van der Waals surface area contributed by atoms with Gasteiger partial charge in [-0.25, -0.2) is 4.98 Å². The van der Waals surface area contributed by atoms with Crippen LogP contribution in [0.4, 0.5) is 5.69 Å². The van der Waals surface area contributed by atoms with Crippen LogP contribution in [-0.4, -0.2) is 12.1 Å². The van der Waals surface area contributed by atoms with Gasteiger partial charge in [-0.05, 0) is 46.3 Å². The molecule has 0 unspecified atom stereocenters. The summed E-state index contributed by atoms with van der Waals surface area (Å²) in [6, 6.07) is 11.7. The van der Waals surface area contributed by atoms with E-state index in [2.05, 4.69) is 20.9 Å². The standard InChI is InChI=1S/C14H11BrN2OS/c1-18-8-5-6-11-12(7-8)19-14(17-11)9-3-2-4-10(15)13(9)16/h2-7H,16H2,1H3. The van der Waals surface area contributed by atoms with E-state index in [1.54, 1.807) is 18.4 Å². The number of hydrogen-bond acceptors (Lipinski definition) is 4. The van der Waals surface area contributed by atoms with Gasteiger partial charge in [-0.15, -0.1) is 11.3 Å². The molecule has 0 spiro atoms. The number of anilines is 1. The van der Waals surface area contributed by atoms with Gasteiger partial charge in [-0.3, -0.25) is 0 Å². The van der Waals surface area contributed by atoms with E-state index in [9.17, 15) is 0 Å². The normalized spacial score (nSPS) is 10.8. The van der Waals surface area contributed by atoms with Gasteiger partial charge in [0, 0.05) is 10.0 Å². The summed E-state index contributed by atoms with van der Waals surface area (Å²) in [4.78, 5) is 4.62. The molecule has 0 amide bonds. The second-order valence-corrected chi connectivity index (χ2v) is 5.94. The Hall–Kier alpha value is -1.59. The molecule has 96 valence electrons. The minimum Gasteiger partial charge on any atom is -0.497 e. The Morgan fingerprint density at radius 2 is 2.11 bits per heavy atom. The lowest BCUT2D eigenvalue weighted by Crippen LogP contribution is -1.90. The summed E-state index contributed by atoms with van der Waals surface area (Å²) in [7, 11) is 1.66. The van der Waals surface area contributed by atoms with Gasteiger partial charge in [-0.1, -0.05) is 6.07 Å². The average Bonchev–Trinajstić information content (AvgIpc) is 2.84. The Labute approximate surface area is 123 Å². The van der Waals surface area contributed by atoms with E-state index in [-0.39, 0.29) is 0 Å². The minimum atomic E-state index is 0.716. The molecular formula is C14H11BrN2OS. The Bertz CT molecular complexity index is 754. The molecule has 0 aliphatic heterocycles. The van der Waals surface area contributed by atoms with Crippen molar-refractivity contribution in [1.82, 2.24) is 4.98 Å². The molecule has 0 saturated heterocycles. The van der Waals surface area contributed by atoms with E-state index in [0.29, 0.717) is 5.69 Å². The second kappa shape index (κ2) is 4.83. The van der Waals surface area contributed by atoms with Crippen LogP contribution in [-0.2, 0) is 0 Å². The Morgan fingerprint density at radius 3 is 2.89 bits per heavy atom. The number of thiazole rings is 1. The first-order valence-corrected chi connectivity index (χ1v) is 7.29.